The second-order valence-corrected chi connectivity index (χ2v) is 5.08. The Morgan fingerprint density at radius 2 is 2.25 bits per heavy atom. The van der Waals surface area contributed by atoms with Crippen molar-refractivity contribution >= 4 is 0 Å². The fourth-order valence-electron chi connectivity index (χ4n) is 2.48. The lowest BCUT2D eigenvalue weighted by Crippen LogP contribution is -2.39. The summed E-state index contributed by atoms with van der Waals surface area (Å²) in [6.45, 7) is 6.50. The highest BCUT2D eigenvalue weighted by molar-refractivity contribution is 5.17. The normalized spacial score (nSPS) is 18.1. The maximum Gasteiger partial charge on any atom is 0.0570 e. The minimum Gasteiger partial charge on any atom is -0.311 e. The molecule has 88 valence electrons. The van der Waals surface area contributed by atoms with Crippen LogP contribution in [-0.4, -0.2) is 11.5 Å². The Labute approximate surface area is 98.5 Å². The summed E-state index contributed by atoms with van der Waals surface area (Å²) in [6.07, 6.45) is 7.40. The predicted octanol–water partition coefficient (Wildman–Crippen LogP) is 3.06. The van der Waals surface area contributed by atoms with Crippen LogP contribution in [0.4, 0.5) is 0 Å². The molecule has 2 heteroatoms. The molecule has 0 saturated heterocycles. The van der Waals surface area contributed by atoms with Crippen LogP contribution in [0.2, 0.25) is 0 Å². The van der Waals surface area contributed by atoms with Crippen molar-refractivity contribution in [1.82, 2.24) is 10.3 Å². The van der Waals surface area contributed by atoms with Crippen LogP contribution >= 0.6 is 0 Å². The number of pyridine rings is 1. The van der Waals surface area contributed by atoms with Crippen molar-refractivity contribution in [3.8, 4) is 0 Å². The Hall–Kier alpha value is -0.890. The van der Waals surface area contributed by atoms with Crippen LogP contribution in [0, 0.1) is 12.3 Å². The van der Waals surface area contributed by atoms with E-state index < -0.39 is 0 Å². The zero-order chi connectivity index (χ0) is 11.4. The molecule has 0 aliphatic heterocycles. The molecule has 0 spiro atoms. The molecule has 1 aliphatic carbocycles. The number of hydrogen-bond donors (Lipinski definition) is 1. The summed E-state index contributed by atoms with van der Waals surface area (Å²) in [5.74, 6) is 0. The van der Waals surface area contributed by atoms with E-state index in [0.717, 1.165) is 13.1 Å². The van der Waals surface area contributed by atoms with Gasteiger partial charge in [-0.2, -0.15) is 0 Å². The highest BCUT2D eigenvalue weighted by Gasteiger charge is 2.34. The second kappa shape index (κ2) is 4.96. The molecule has 1 heterocycles. The number of rotatable bonds is 5. The summed E-state index contributed by atoms with van der Waals surface area (Å²) in [6, 6.07) is 4.13. The highest BCUT2D eigenvalue weighted by atomic mass is 14.9. The summed E-state index contributed by atoms with van der Waals surface area (Å²) in [5.41, 5.74) is 3.07. The van der Waals surface area contributed by atoms with Gasteiger partial charge in [-0.3, -0.25) is 4.98 Å². The summed E-state index contributed by atoms with van der Waals surface area (Å²) in [4.78, 5) is 4.41. The molecular weight excluding hydrogens is 196 g/mol. The van der Waals surface area contributed by atoms with Gasteiger partial charge in [0.1, 0.15) is 0 Å². The maximum atomic E-state index is 4.41. The van der Waals surface area contributed by atoms with Gasteiger partial charge in [-0.25, -0.2) is 0 Å². The van der Waals surface area contributed by atoms with Crippen LogP contribution in [-0.2, 0) is 6.54 Å². The number of nitrogens with zero attached hydrogens (tertiary/aromatic N) is 1. The first-order chi connectivity index (χ1) is 7.76. The molecule has 1 N–H and O–H groups in total. The highest BCUT2D eigenvalue weighted by Crippen LogP contribution is 2.43. The molecule has 1 saturated carbocycles. The SMILES string of the molecule is CCC1(CNCc2ncccc2C)CCC1. The van der Waals surface area contributed by atoms with Crippen LogP contribution in [0.15, 0.2) is 18.3 Å². The third kappa shape index (κ3) is 2.43. The summed E-state index contributed by atoms with van der Waals surface area (Å²) in [5, 5.41) is 3.57. The van der Waals surface area contributed by atoms with Crippen LogP contribution in [0.3, 0.4) is 0 Å². The van der Waals surface area contributed by atoms with E-state index in [-0.39, 0.29) is 0 Å². The van der Waals surface area contributed by atoms with Crippen LogP contribution in [0.1, 0.15) is 43.9 Å². The molecule has 0 aromatic carbocycles. The van der Waals surface area contributed by atoms with E-state index in [1.807, 2.05) is 12.3 Å². The van der Waals surface area contributed by atoms with Gasteiger partial charge in [-0.05, 0) is 43.2 Å². The molecule has 1 aromatic heterocycles. The van der Waals surface area contributed by atoms with Gasteiger partial charge < -0.3 is 5.32 Å². The molecule has 2 nitrogen and oxygen atoms in total. The average Bonchev–Trinajstić information content (AvgIpc) is 2.25. The molecule has 1 fully saturated rings. The molecule has 0 unspecified atom stereocenters. The maximum absolute atomic E-state index is 4.41. The van der Waals surface area contributed by atoms with E-state index in [4.69, 9.17) is 0 Å². The van der Waals surface area contributed by atoms with Gasteiger partial charge in [0.15, 0.2) is 0 Å². The Morgan fingerprint density at radius 3 is 2.81 bits per heavy atom. The molecule has 0 amide bonds. The average molecular weight is 218 g/mol. The van der Waals surface area contributed by atoms with Crippen molar-refractivity contribution in [2.24, 2.45) is 5.41 Å². The number of aromatic nitrogens is 1. The number of nitrogens with one attached hydrogen (secondary N) is 1. The smallest absolute Gasteiger partial charge is 0.0570 e. The quantitative estimate of drug-likeness (QED) is 0.821. The Balaban J connectivity index is 1.82. The predicted molar refractivity (Wildman–Crippen MR) is 67.3 cm³/mol. The molecule has 0 radical (unpaired) electrons. The van der Waals surface area contributed by atoms with E-state index in [1.165, 1.54) is 36.9 Å². The Morgan fingerprint density at radius 1 is 1.44 bits per heavy atom. The fraction of sp³-hybridized carbons (Fsp3) is 0.643. The van der Waals surface area contributed by atoms with Gasteiger partial charge in [-0.15, -0.1) is 0 Å². The third-order valence-electron chi connectivity index (χ3n) is 4.07. The first kappa shape index (κ1) is 11.6. The van der Waals surface area contributed by atoms with Crippen molar-refractivity contribution < 1.29 is 0 Å². The van der Waals surface area contributed by atoms with E-state index in [9.17, 15) is 0 Å². The van der Waals surface area contributed by atoms with Gasteiger partial charge in [0.05, 0.1) is 5.69 Å². The third-order valence-corrected chi connectivity index (χ3v) is 4.07. The van der Waals surface area contributed by atoms with E-state index in [2.05, 4.69) is 30.2 Å². The van der Waals surface area contributed by atoms with Crippen LogP contribution in [0.5, 0.6) is 0 Å². The van der Waals surface area contributed by atoms with Crippen molar-refractivity contribution in [3.05, 3.63) is 29.6 Å². The van der Waals surface area contributed by atoms with Crippen molar-refractivity contribution in [3.63, 3.8) is 0 Å². The molecule has 0 bridgehead atoms. The fourth-order valence-corrected chi connectivity index (χ4v) is 2.48. The topological polar surface area (TPSA) is 24.9 Å². The monoisotopic (exact) mass is 218 g/mol. The summed E-state index contributed by atoms with van der Waals surface area (Å²) < 4.78 is 0. The van der Waals surface area contributed by atoms with Crippen molar-refractivity contribution in [2.75, 3.05) is 6.54 Å². The Kier molecular flexibility index (Phi) is 3.59. The first-order valence-corrected chi connectivity index (χ1v) is 6.37. The number of hydrogen-bond acceptors (Lipinski definition) is 2. The largest absolute Gasteiger partial charge is 0.311 e. The van der Waals surface area contributed by atoms with Crippen molar-refractivity contribution in [2.45, 2.75) is 46.1 Å². The molecule has 16 heavy (non-hydrogen) atoms. The molecular formula is C14H22N2. The summed E-state index contributed by atoms with van der Waals surface area (Å²) >= 11 is 0. The first-order valence-electron chi connectivity index (χ1n) is 6.37. The van der Waals surface area contributed by atoms with Gasteiger partial charge in [0.2, 0.25) is 0 Å². The molecule has 1 aromatic rings. The summed E-state index contributed by atoms with van der Waals surface area (Å²) in [7, 11) is 0. The zero-order valence-corrected chi connectivity index (χ0v) is 10.4. The second-order valence-electron chi connectivity index (χ2n) is 5.08. The van der Waals surface area contributed by atoms with E-state index in [1.54, 1.807) is 0 Å². The van der Waals surface area contributed by atoms with Gasteiger partial charge in [0.25, 0.3) is 0 Å². The zero-order valence-electron chi connectivity index (χ0n) is 10.4. The van der Waals surface area contributed by atoms with E-state index in [0.29, 0.717) is 5.41 Å². The standard InChI is InChI=1S/C14H22N2/c1-3-14(7-5-8-14)11-15-10-13-12(2)6-4-9-16-13/h4,6,9,15H,3,5,7-8,10-11H2,1-2H3. The minimum atomic E-state index is 0.600. The van der Waals surface area contributed by atoms with Crippen LogP contribution < -0.4 is 5.32 Å². The lowest BCUT2D eigenvalue weighted by molar-refractivity contribution is 0.123. The van der Waals surface area contributed by atoms with Gasteiger partial charge in [0, 0.05) is 19.3 Å². The molecule has 1 aliphatic rings. The van der Waals surface area contributed by atoms with E-state index >= 15 is 0 Å². The lowest BCUT2D eigenvalue weighted by atomic mass is 9.67. The van der Waals surface area contributed by atoms with Crippen LogP contribution in [0.25, 0.3) is 0 Å². The molecule has 0 atom stereocenters. The number of aryl methyl sites for hydroxylation is 1. The molecule has 2 rings (SSSR count). The minimum absolute atomic E-state index is 0.600. The van der Waals surface area contributed by atoms with Crippen molar-refractivity contribution in [1.29, 1.82) is 0 Å². The van der Waals surface area contributed by atoms with Gasteiger partial charge >= 0.3 is 0 Å². The van der Waals surface area contributed by atoms with Gasteiger partial charge in [-0.1, -0.05) is 19.4 Å². The Bertz CT molecular complexity index is 337. The lowest BCUT2D eigenvalue weighted by Gasteiger charge is -2.41.